The van der Waals surface area contributed by atoms with Crippen LogP contribution in [0.15, 0.2) is 24.3 Å². The average molecular weight is 509 g/mol. The van der Waals surface area contributed by atoms with Crippen molar-refractivity contribution in [2.45, 2.75) is 37.3 Å². The summed E-state index contributed by atoms with van der Waals surface area (Å²) in [6.07, 6.45) is 0.382. The van der Waals surface area contributed by atoms with Crippen LogP contribution < -0.4 is 27.0 Å². The maximum Gasteiger partial charge on any atom is 0.348 e. The van der Waals surface area contributed by atoms with E-state index in [4.69, 9.17) is 11.6 Å². The van der Waals surface area contributed by atoms with E-state index in [9.17, 15) is 19.2 Å². The van der Waals surface area contributed by atoms with Crippen molar-refractivity contribution in [3.63, 3.8) is 0 Å². The molecule has 182 valence electrons. The number of imide groups is 1. The summed E-state index contributed by atoms with van der Waals surface area (Å²) < 4.78 is 30.6. The van der Waals surface area contributed by atoms with Gasteiger partial charge in [-0.3, -0.25) is 24.5 Å². The lowest BCUT2D eigenvalue weighted by molar-refractivity contribution is -0.147. The molecule has 0 aromatic heterocycles. The van der Waals surface area contributed by atoms with E-state index < -0.39 is 29.7 Å². The summed E-state index contributed by atoms with van der Waals surface area (Å²) in [6, 6.07) is 5.50. The highest BCUT2D eigenvalue weighted by atomic mass is 35.5. The van der Waals surface area contributed by atoms with Crippen LogP contribution in [0.5, 0.6) is 0 Å². The Hall–Kier alpha value is -3.07. The molecule has 0 aliphatic carbocycles. The van der Waals surface area contributed by atoms with E-state index in [1.54, 1.807) is 33.9 Å². The number of alkyl halides is 2. The predicted octanol–water partition coefficient (Wildman–Crippen LogP) is -3.58. The molecule has 1 fully saturated rings. The van der Waals surface area contributed by atoms with Crippen LogP contribution in [0.25, 0.3) is 0 Å². The minimum Gasteiger partial charge on any atom is -0.352 e. The van der Waals surface area contributed by atoms with Crippen LogP contribution in [0.3, 0.4) is 0 Å². The first-order valence-corrected chi connectivity index (χ1v) is 11.9. The second kappa shape index (κ2) is 9.42. The number of halogens is 3. The van der Waals surface area contributed by atoms with E-state index >= 15 is 8.78 Å². The molecule has 4 amide bonds. The van der Waals surface area contributed by atoms with Crippen molar-refractivity contribution in [1.82, 2.24) is 15.5 Å². The molecule has 2 atom stereocenters. The van der Waals surface area contributed by atoms with Crippen molar-refractivity contribution in [1.29, 1.82) is 0 Å². The van der Waals surface area contributed by atoms with Gasteiger partial charge in [-0.2, -0.15) is 8.78 Å². The van der Waals surface area contributed by atoms with Gasteiger partial charge in [0.15, 0.2) is 0 Å². The largest absolute Gasteiger partial charge is 0.352 e. The summed E-state index contributed by atoms with van der Waals surface area (Å²) in [5.41, 5.74) is 2.16. The first kappa shape index (κ1) is 26.0. The molecule has 2 heterocycles. The highest BCUT2D eigenvalue weighted by Crippen LogP contribution is 2.30. The number of carbonyl (C=O) groups is 4. The molecule has 2 aromatic carbocycles. The quantitative estimate of drug-likeness (QED) is 0.322. The fraction of sp³-hybridized carbons (Fsp3) is 0.273. The van der Waals surface area contributed by atoms with Crippen molar-refractivity contribution in [3.05, 3.63) is 51.5 Å². The predicted molar refractivity (Wildman–Crippen MR) is 142 cm³/mol. The summed E-state index contributed by atoms with van der Waals surface area (Å²) in [6.45, 7) is 0.146. The molecule has 7 nitrogen and oxygen atoms in total. The average Bonchev–Trinajstić information content (AvgIpc) is 3.12. The highest BCUT2D eigenvalue weighted by molar-refractivity contribution is 6.57. The Bertz CT molecular complexity index is 1330. The molecule has 0 radical (unpaired) electrons. The van der Waals surface area contributed by atoms with Crippen LogP contribution in [0, 0.1) is 0 Å². The summed E-state index contributed by atoms with van der Waals surface area (Å²) >= 11 is 6.11. The Morgan fingerprint density at radius 1 is 1.17 bits per heavy atom. The van der Waals surface area contributed by atoms with Gasteiger partial charge in [0.2, 0.25) is 11.8 Å². The molecule has 4 rings (SSSR count). The van der Waals surface area contributed by atoms with Crippen molar-refractivity contribution in [2.24, 2.45) is 0 Å². The van der Waals surface area contributed by atoms with Crippen LogP contribution in [-0.2, 0) is 26.9 Å². The Morgan fingerprint density at radius 2 is 1.86 bits per heavy atom. The molecule has 0 bridgehead atoms. The number of nitrogens with zero attached hydrogens (tertiary/aromatic N) is 1. The van der Waals surface area contributed by atoms with Gasteiger partial charge in [0.25, 0.3) is 11.8 Å². The van der Waals surface area contributed by atoms with Gasteiger partial charge in [-0.1, -0.05) is 40.1 Å². The van der Waals surface area contributed by atoms with Crippen LogP contribution in [0.2, 0.25) is 5.02 Å². The van der Waals surface area contributed by atoms with Crippen molar-refractivity contribution in [3.8, 4) is 0 Å². The first-order chi connectivity index (χ1) is 16.8. The second-order valence-electron chi connectivity index (χ2n) is 9.39. The van der Waals surface area contributed by atoms with Crippen molar-refractivity contribution in [2.75, 3.05) is 0 Å². The molecule has 2 aromatic rings. The minimum absolute atomic E-state index is 0.144. The van der Waals surface area contributed by atoms with Gasteiger partial charge in [-0.15, -0.1) is 0 Å². The number of hydrogen-bond donors (Lipinski definition) is 2. The molecular weight excluding hydrogens is 487 g/mol. The molecule has 2 unspecified atom stereocenters. The standard InChI is InChI=1S/C22H22B4ClF2N3O4/c23-11-6-12(27)16(24)17(25)15(11)22(28,29)21(36)31-18(26)8-1-2-10-9(5-8)7-32(20(10)35)13-3-4-14(33)30-19(13)34/h1-2,5-6,13,18H,3-4,7,23-26H2,(H,31,36)(H,30,33,34). The Labute approximate surface area is 215 Å². The smallest absolute Gasteiger partial charge is 0.348 e. The summed E-state index contributed by atoms with van der Waals surface area (Å²) in [5, 5.41) is 5.00. The zero-order valence-electron chi connectivity index (χ0n) is 20.3. The van der Waals surface area contributed by atoms with Gasteiger partial charge in [-0.25, -0.2) is 0 Å². The first-order valence-electron chi connectivity index (χ1n) is 11.6. The lowest BCUT2D eigenvalue weighted by atomic mass is 9.71. The SMILES string of the molecule is Bc1cc(Cl)c(B)c(B)c1C(F)(F)C(=O)NC(B)c1ccc2c(c1)CN(C1CCC(=O)NC1=O)C2=O. The lowest BCUT2D eigenvalue weighted by Crippen LogP contribution is -2.52. The van der Waals surface area contributed by atoms with Gasteiger partial charge in [0, 0.05) is 35.1 Å². The number of benzene rings is 2. The third-order valence-electron chi connectivity index (χ3n) is 7.03. The monoisotopic (exact) mass is 509 g/mol. The van der Waals surface area contributed by atoms with Crippen LogP contribution in [0.1, 0.15) is 45.8 Å². The number of rotatable bonds is 5. The number of piperidine rings is 1. The number of hydrogen-bond acceptors (Lipinski definition) is 4. The topological polar surface area (TPSA) is 95.6 Å². The van der Waals surface area contributed by atoms with Gasteiger partial charge >= 0.3 is 5.92 Å². The van der Waals surface area contributed by atoms with E-state index in [2.05, 4.69) is 10.6 Å². The molecule has 36 heavy (non-hydrogen) atoms. The number of nitrogens with one attached hydrogen (secondary N) is 2. The van der Waals surface area contributed by atoms with E-state index in [1.807, 2.05) is 0 Å². The van der Waals surface area contributed by atoms with Gasteiger partial charge in [-0.05, 0) is 29.7 Å². The molecule has 2 aliphatic rings. The molecule has 1 saturated heterocycles. The van der Waals surface area contributed by atoms with Gasteiger partial charge in [0.1, 0.15) is 37.4 Å². The number of fused-ring (bicyclic) bond motifs is 1. The van der Waals surface area contributed by atoms with Crippen molar-refractivity contribution < 1.29 is 28.0 Å². The van der Waals surface area contributed by atoms with Crippen LogP contribution in [0.4, 0.5) is 8.78 Å². The normalized spacial score (nSPS) is 18.6. The van der Waals surface area contributed by atoms with E-state index in [0.29, 0.717) is 27.2 Å². The highest BCUT2D eigenvalue weighted by Gasteiger charge is 2.44. The third kappa shape index (κ3) is 4.45. The molecule has 2 N–H and O–H groups in total. The zero-order chi connectivity index (χ0) is 26.5. The van der Waals surface area contributed by atoms with Crippen LogP contribution in [-0.4, -0.2) is 66.0 Å². The van der Waals surface area contributed by atoms with E-state index in [0.717, 1.165) is 0 Å². The molecule has 2 aliphatic heterocycles. The van der Waals surface area contributed by atoms with Gasteiger partial charge < -0.3 is 10.2 Å². The zero-order valence-corrected chi connectivity index (χ0v) is 21.1. The Balaban J connectivity index is 1.53. The van der Waals surface area contributed by atoms with Crippen molar-refractivity contribution >= 4 is 83.0 Å². The summed E-state index contributed by atoms with van der Waals surface area (Å²) in [5.74, 6) is -7.22. The fourth-order valence-electron chi connectivity index (χ4n) is 4.86. The molecular formula is C22H22B4ClF2N3O4. The van der Waals surface area contributed by atoms with E-state index in [-0.39, 0.29) is 47.7 Å². The van der Waals surface area contributed by atoms with Gasteiger partial charge in [0.05, 0.1) is 0 Å². The summed E-state index contributed by atoms with van der Waals surface area (Å²) in [4.78, 5) is 50.7. The number of carbonyl (C=O) groups excluding carboxylic acids is 4. The fourth-order valence-corrected chi connectivity index (χ4v) is 5.17. The summed E-state index contributed by atoms with van der Waals surface area (Å²) in [7, 11) is 6.21. The number of amides is 4. The Kier molecular flexibility index (Phi) is 6.81. The minimum atomic E-state index is -3.78. The second-order valence-corrected chi connectivity index (χ2v) is 9.79. The maximum atomic E-state index is 15.3. The van der Waals surface area contributed by atoms with E-state index in [1.165, 1.54) is 26.7 Å². The third-order valence-corrected chi connectivity index (χ3v) is 7.42. The molecule has 0 spiro atoms. The molecule has 14 heteroatoms. The lowest BCUT2D eigenvalue weighted by Gasteiger charge is -2.29. The van der Waals surface area contributed by atoms with Crippen LogP contribution >= 0.6 is 11.6 Å². The Morgan fingerprint density at radius 3 is 2.53 bits per heavy atom. The maximum absolute atomic E-state index is 15.3. The molecule has 0 saturated carbocycles.